The Morgan fingerprint density at radius 2 is 1.71 bits per heavy atom. The summed E-state index contributed by atoms with van der Waals surface area (Å²) in [5.41, 5.74) is 8.36. The SMILES string of the molecule is CC(C)c1ccc(C(C)NC(=O)C2CCC(N)C2)cc1.Cl. The van der Waals surface area contributed by atoms with E-state index in [1.165, 1.54) is 5.56 Å². The molecule has 4 heteroatoms. The van der Waals surface area contributed by atoms with Crippen LogP contribution in [0.1, 0.15) is 63.1 Å². The fourth-order valence-corrected chi connectivity index (χ4v) is 2.84. The van der Waals surface area contributed by atoms with Crippen LogP contribution in [0.25, 0.3) is 0 Å². The van der Waals surface area contributed by atoms with Crippen molar-refractivity contribution in [1.82, 2.24) is 5.32 Å². The molecule has 3 N–H and O–H groups in total. The number of carbonyl (C=O) groups excluding carboxylic acids is 1. The lowest BCUT2D eigenvalue weighted by Gasteiger charge is -2.18. The van der Waals surface area contributed by atoms with Crippen LogP contribution in [0.5, 0.6) is 0 Å². The first kappa shape index (κ1) is 18.0. The number of benzene rings is 1. The summed E-state index contributed by atoms with van der Waals surface area (Å²) in [6.45, 7) is 6.41. The second-order valence-electron chi connectivity index (χ2n) is 6.32. The van der Waals surface area contributed by atoms with Gasteiger partial charge in [-0.2, -0.15) is 0 Å². The van der Waals surface area contributed by atoms with Crippen molar-refractivity contribution in [3.8, 4) is 0 Å². The van der Waals surface area contributed by atoms with Gasteiger partial charge >= 0.3 is 0 Å². The standard InChI is InChI=1S/C17H26N2O.ClH/c1-11(2)13-4-6-14(7-5-13)12(3)19-17(20)15-8-9-16(18)10-15;/h4-7,11-12,15-16H,8-10,18H2,1-3H3,(H,19,20);1H. The summed E-state index contributed by atoms with van der Waals surface area (Å²) in [4.78, 5) is 12.2. The van der Waals surface area contributed by atoms with Crippen molar-refractivity contribution in [1.29, 1.82) is 0 Å². The summed E-state index contributed by atoms with van der Waals surface area (Å²) in [6, 6.07) is 8.77. The Kier molecular flexibility index (Phi) is 6.69. The Morgan fingerprint density at radius 3 is 2.19 bits per heavy atom. The molecule has 1 amide bonds. The lowest BCUT2D eigenvalue weighted by Crippen LogP contribution is -2.32. The van der Waals surface area contributed by atoms with Crippen LogP contribution in [0, 0.1) is 5.92 Å². The number of carbonyl (C=O) groups is 1. The van der Waals surface area contributed by atoms with Crippen molar-refractivity contribution >= 4 is 18.3 Å². The van der Waals surface area contributed by atoms with E-state index in [1.807, 2.05) is 6.92 Å². The molecule has 21 heavy (non-hydrogen) atoms. The monoisotopic (exact) mass is 310 g/mol. The largest absolute Gasteiger partial charge is 0.349 e. The van der Waals surface area contributed by atoms with Crippen molar-refractivity contribution in [3.63, 3.8) is 0 Å². The first-order valence-corrected chi connectivity index (χ1v) is 7.63. The van der Waals surface area contributed by atoms with E-state index in [1.54, 1.807) is 0 Å². The topological polar surface area (TPSA) is 55.1 Å². The van der Waals surface area contributed by atoms with E-state index in [4.69, 9.17) is 5.73 Å². The average Bonchev–Trinajstić information content (AvgIpc) is 2.85. The van der Waals surface area contributed by atoms with E-state index >= 15 is 0 Å². The molecule has 0 spiro atoms. The van der Waals surface area contributed by atoms with Crippen LogP contribution < -0.4 is 11.1 Å². The third-order valence-corrected chi connectivity index (χ3v) is 4.31. The number of rotatable bonds is 4. The third-order valence-electron chi connectivity index (χ3n) is 4.31. The number of hydrogen-bond acceptors (Lipinski definition) is 2. The third kappa shape index (κ3) is 4.72. The first-order valence-electron chi connectivity index (χ1n) is 7.63. The lowest BCUT2D eigenvalue weighted by molar-refractivity contribution is -0.125. The minimum Gasteiger partial charge on any atom is -0.349 e. The summed E-state index contributed by atoms with van der Waals surface area (Å²) in [5.74, 6) is 0.787. The van der Waals surface area contributed by atoms with Crippen LogP contribution in [0.4, 0.5) is 0 Å². The zero-order chi connectivity index (χ0) is 14.7. The van der Waals surface area contributed by atoms with Crippen molar-refractivity contribution in [2.45, 2.75) is 58.0 Å². The molecule has 1 aliphatic carbocycles. The average molecular weight is 311 g/mol. The van der Waals surface area contributed by atoms with E-state index in [-0.39, 0.29) is 36.3 Å². The second-order valence-corrected chi connectivity index (χ2v) is 6.32. The van der Waals surface area contributed by atoms with E-state index in [0.29, 0.717) is 5.92 Å². The van der Waals surface area contributed by atoms with Gasteiger partial charge in [0.05, 0.1) is 6.04 Å². The van der Waals surface area contributed by atoms with Crippen molar-refractivity contribution < 1.29 is 4.79 Å². The maximum Gasteiger partial charge on any atom is 0.223 e. The molecule has 3 atom stereocenters. The highest BCUT2D eigenvalue weighted by Gasteiger charge is 2.28. The molecule has 1 fully saturated rings. The number of nitrogens with two attached hydrogens (primary N) is 1. The van der Waals surface area contributed by atoms with E-state index in [2.05, 4.69) is 43.4 Å². The van der Waals surface area contributed by atoms with Gasteiger partial charge in [0.15, 0.2) is 0 Å². The van der Waals surface area contributed by atoms with Gasteiger partial charge < -0.3 is 11.1 Å². The molecule has 0 heterocycles. The summed E-state index contributed by atoms with van der Waals surface area (Å²) in [5, 5.41) is 3.11. The number of hydrogen-bond donors (Lipinski definition) is 2. The fraction of sp³-hybridized carbons (Fsp3) is 0.588. The lowest BCUT2D eigenvalue weighted by atomic mass is 9.99. The molecule has 0 saturated heterocycles. The van der Waals surface area contributed by atoms with Gasteiger partial charge in [-0.3, -0.25) is 4.79 Å². The van der Waals surface area contributed by atoms with Crippen LogP contribution >= 0.6 is 12.4 Å². The summed E-state index contributed by atoms with van der Waals surface area (Å²) in [6.07, 6.45) is 2.71. The van der Waals surface area contributed by atoms with Crippen molar-refractivity contribution in [2.24, 2.45) is 11.7 Å². The van der Waals surface area contributed by atoms with E-state index < -0.39 is 0 Å². The number of amides is 1. The van der Waals surface area contributed by atoms with Crippen LogP contribution in [0.15, 0.2) is 24.3 Å². The quantitative estimate of drug-likeness (QED) is 0.893. The molecular weight excluding hydrogens is 284 g/mol. The predicted molar refractivity (Wildman–Crippen MR) is 89.7 cm³/mol. The smallest absolute Gasteiger partial charge is 0.223 e. The van der Waals surface area contributed by atoms with Crippen LogP contribution in [0.2, 0.25) is 0 Å². The minimum absolute atomic E-state index is 0. The van der Waals surface area contributed by atoms with Gasteiger partial charge in [0.2, 0.25) is 5.91 Å². The molecule has 1 aromatic rings. The predicted octanol–water partition coefficient (Wildman–Crippen LogP) is 3.54. The summed E-state index contributed by atoms with van der Waals surface area (Å²) < 4.78 is 0. The molecule has 0 aromatic heterocycles. The van der Waals surface area contributed by atoms with Crippen LogP contribution in [-0.4, -0.2) is 11.9 Å². The summed E-state index contributed by atoms with van der Waals surface area (Å²) in [7, 11) is 0. The van der Waals surface area contributed by atoms with Crippen molar-refractivity contribution in [2.75, 3.05) is 0 Å². The maximum atomic E-state index is 12.2. The molecule has 118 valence electrons. The van der Waals surface area contributed by atoms with Gasteiger partial charge in [0.25, 0.3) is 0 Å². The number of nitrogens with one attached hydrogen (secondary N) is 1. The highest BCUT2D eigenvalue weighted by Crippen LogP contribution is 2.25. The van der Waals surface area contributed by atoms with Gasteiger partial charge in [-0.05, 0) is 43.2 Å². The highest BCUT2D eigenvalue weighted by atomic mass is 35.5. The first-order chi connectivity index (χ1) is 9.47. The number of halogens is 1. The van der Waals surface area contributed by atoms with Crippen LogP contribution in [-0.2, 0) is 4.79 Å². The highest BCUT2D eigenvalue weighted by molar-refractivity contribution is 5.85. The molecule has 2 rings (SSSR count). The Balaban J connectivity index is 0.00000220. The van der Waals surface area contributed by atoms with E-state index in [0.717, 1.165) is 24.8 Å². The Bertz CT molecular complexity index is 458. The second kappa shape index (κ2) is 7.81. The van der Waals surface area contributed by atoms with Gasteiger partial charge in [0, 0.05) is 12.0 Å². The zero-order valence-corrected chi connectivity index (χ0v) is 14.0. The van der Waals surface area contributed by atoms with E-state index in [9.17, 15) is 4.79 Å². The molecular formula is C17H27ClN2O. The molecule has 1 aromatic carbocycles. The molecule has 1 aliphatic rings. The maximum absolute atomic E-state index is 12.2. The normalized spacial score (nSPS) is 22.7. The van der Waals surface area contributed by atoms with Gasteiger partial charge in [-0.1, -0.05) is 38.1 Å². The molecule has 3 nitrogen and oxygen atoms in total. The minimum atomic E-state index is 0. The summed E-state index contributed by atoms with van der Waals surface area (Å²) >= 11 is 0. The Morgan fingerprint density at radius 1 is 1.14 bits per heavy atom. The Labute approximate surface area is 134 Å². The van der Waals surface area contributed by atoms with Gasteiger partial charge in [0.1, 0.15) is 0 Å². The van der Waals surface area contributed by atoms with Crippen molar-refractivity contribution in [3.05, 3.63) is 35.4 Å². The molecule has 0 radical (unpaired) electrons. The molecule has 0 bridgehead atoms. The van der Waals surface area contributed by atoms with Crippen LogP contribution in [0.3, 0.4) is 0 Å². The zero-order valence-electron chi connectivity index (χ0n) is 13.1. The molecule has 1 saturated carbocycles. The Hall–Kier alpha value is -1.06. The molecule has 3 unspecified atom stereocenters. The fourth-order valence-electron chi connectivity index (χ4n) is 2.84. The molecule has 0 aliphatic heterocycles. The van der Waals surface area contributed by atoms with Gasteiger partial charge in [-0.25, -0.2) is 0 Å². The van der Waals surface area contributed by atoms with Gasteiger partial charge in [-0.15, -0.1) is 12.4 Å².